The highest BCUT2D eigenvalue weighted by atomic mass is 79.9. The minimum atomic E-state index is -0.464. The largest absolute Gasteiger partial charge is 0.466 e. The smallest absolute Gasteiger partial charge is 0.310 e. The molecule has 8 heteroatoms. The van der Waals surface area contributed by atoms with Crippen molar-refractivity contribution in [3.8, 4) is 11.3 Å². The molecule has 5 nitrogen and oxygen atoms in total. The van der Waals surface area contributed by atoms with Crippen LogP contribution in [0.25, 0.3) is 11.3 Å². The van der Waals surface area contributed by atoms with Gasteiger partial charge >= 0.3 is 5.97 Å². The summed E-state index contributed by atoms with van der Waals surface area (Å²) in [4.78, 5) is 24.9. The molecule has 0 aliphatic rings. The minimum Gasteiger partial charge on any atom is -0.466 e. The molecule has 0 aliphatic heterocycles. The van der Waals surface area contributed by atoms with Gasteiger partial charge in [0.25, 0.3) is 5.56 Å². The minimum absolute atomic E-state index is 0.132. The summed E-state index contributed by atoms with van der Waals surface area (Å²) in [5, 5.41) is 5.43. The third-order valence-corrected chi connectivity index (χ3v) is 5.28. The van der Waals surface area contributed by atoms with E-state index in [2.05, 4.69) is 21.0 Å². The molecule has 0 saturated carbocycles. The first kappa shape index (κ1) is 21.6. The maximum Gasteiger partial charge on any atom is 0.310 e. The molecule has 0 N–H and O–H groups in total. The van der Waals surface area contributed by atoms with Crippen LogP contribution in [0.3, 0.4) is 0 Å². The predicted octanol–water partition coefficient (Wildman–Crippen LogP) is 5.13. The molecule has 2 aromatic carbocycles. The highest BCUT2D eigenvalue weighted by molar-refractivity contribution is 9.10. The Kier molecular flexibility index (Phi) is 7.11. The Hall–Kier alpha value is -2.15. The molecular weight excluding hydrogens is 479 g/mol. The summed E-state index contributed by atoms with van der Waals surface area (Å²) in [6, 6.07) is 14.2. The second-order valence-electron chi connectivity index (χ2n) is 6.24. The number of esters is 1. The summed E-state index contributed by atoms with van der Waals surface area (Å²) in [6.45, 7) is 2.12. The molecule has 3 rings (SSSR count). The average molecular weight is 496 g/mol. The molecular formula is C21H17BrCl2N2O3. The number of halogens is 3. The first-order valence-electron chi connectivity index (χ1n) is 8.84. The van der Waals surface area contributed by atoms with Gasteiger partial charge in [-0.1, -0.05) is 57.3 Å². The molecule has 1 aromatic heterocycles. The van der Waals surface area contributed by atoms with Gasteiger partial charge in [0.2, 0.25) is 0 Å². The lowest BCUT2D eigenvalue weighted by atomic mass is 10.1. The van der Waals surface area contributed by atoms with Crippen LogP contribution in [0.4, 0.5) is 0 Å². The van der Waals surface area contributed by atoms with Crippen LogP contribution >= 0.6 is 39.1 Å². The van der Waals surface area contributed by atoms with Crippen molar-refractivity contribution >= 4 is 45.1 Å². The van der Waals surface area contributed by atoms with Gasteiger partial charge in [-0.05, 0) is 42.8 Å². The Labute approximate surface area is 186 Å². The van der Waals surface area contributed by atoms with Crippen molar-refractivity contribution < 1.29 is 9.53 Å². The molecule has 0 fully saturated rings. The topological polar surface area (TPSA) is 61.2 Å². The molecule has 0 radical (unpaired) electrons. The van der Waals surface area contributed by atoms with E-state index in [-0.39, 0.29) is 25.1 Å². The summed E-state index contributed by atoms with van der Waals surface area (Å²) in [5.74, 6) is -0.464. The van der Waals surface area contributed by atoms with Crippen molar-refractivity contribution in [2.24, 2.45) is 0 Å². The fraction of sp³-hybridized carbons (Fsp3) is 0.190. The number of rotatable bonds is 6. The first-order valence-corrected chi connectivity index (χ1v) is 10.4. The van der Waals surface area contributed by atoms with Gasteiger partial charge in [0.15, 0.2) is 0 Å². The molecule has 0 amide bonds. The van der Waals surface area contributed by atoms with E-state index in [1.165, 1.54) is 4.68 Å². The van der Waals surface area contributed by atoms with Crippen LogP contribution in [-0.4, -0.2) is 22.4 Å². The molecule has 150 valence electrons. The van der Waals surface area contributed by atoms with Crippen LogP contribution in [-0.2, 0) is 22.5 Å². The maximum atomic E-state index is 12.9. The van der Waals surface area contributed by atoms with Crippen molar-refractivity contribution in [1.82, 2.24) is 9.78 Å². The van der Waals surface area contributed by atoms with Crippen molar-refractivity contribution in [2.45, 2.75) is 19.9 Å². The summed E-state index contributed by atoms with van der Waals surface area (Å²) in [5.41, 5.74) is 2.02. The highest BCUT2D eigenvalue weighted by Gasteiger charge is 2.15. The maximum absolute atomic E-state index is 12.9. The van der Waals surface area contributed by atoms with E-state index in [4.69, 9.17) is 27.9 Å². The number of carbonyl (C=O) groups excluding carboxylic acids is 1. The summed E-state index contributed by atoms with van der Waals surface area (Å²) in [6.07, 6.45) is -0.132. The van der Waals surface area contributed by atoms with Crippen molar-refractivity contribution in [1.29, 1.82) is 0 Å². The van der Waals surface area contributed by atoms with E-state index in [0.29, 0.717) is 26.9 Å². The van der Waals surface area contributed by atoms with Gasteiger partial charge in [0.1, 0.15) is 0 Å². The zero-order chi connectivity index (χ0) is 21.0. The Morgan fingerprint density at radius 3 is 2.48 bits per heavy atom. The summed E-state index contributed by atoms with van der Waals surface area (Å²) < 4.78 is 7.23. The number of hydrogen-bond acceptors (Lipinski definition) is 4. The molecule has 0 atom stereocenters. The second-order valence-corrected chi connectivity index (χ2v) is 8.00. The van der Waals surface area contributed by atoms with Crippen molar-refractivity contribution in [3.05, 3.63) is 84.5 Å². The van der Waals surface area contributed by atoms with Gasteiger partial charge in [0, 0.05) is 25.6 Å². The van der Waals surface area contributed by atoms with E-state index in [1.54, 1.807) is 31.2 Å². The van der Waals surface area contributed by atoms with Crippen molar-refractivity contribution in [2.75, 3.05) is 6.61 Å². The molecule has 0 aliphatic carbocycles. The third-order valence-electron chi connectivity index (χ3n) is 4.16. The zero-order valence-corrected chi connectivity index (χ0v) is 18.6. The number of benzene rings is 2. The van der Waals surface area contributed by atoms with Crippen LogP contribution in [0.15, 0.2) is 57.8 Å². The van der Waals surface area contributed by atoms with E-state index in [9.17, 15) is 9.59 Å². The standard InChI is InChI=1S/C21H17BrCl2N2O3/c1-2-29-20(27)10-15-9-19(13-3-6-16(22)7-4-13)25-26(21(15)28)12-14-5-8-17(23)11-18(14)24/h3-9,11H,2,10,12H2,1H3. The third kappa shape index (κ3) is 5.47. The normalized spacial score (nSPS) is 10.8. The van der Waals surface area contributed by atoms with E-state index < -0.39 is 5.97 Å². The van der Waals surface area contributed by atoms with Crippen LogP contribution in [0, 0.1) is 0 Å². The molecule has 0 bridgehead atoms. The van der Waals surface area contributed by atoms with Crippen molar-refractivity contribution in [3.63, 3.8) is 0 Å². The zero-order valence-electron chi connectivity index (χ0n) is 15.5. The van der Waals surface area contributed by atoms with E-state index >= 15 is 0 Å². The number of hydrogen-bond donors (Lipinski definition) is 0. The number of ether oxygens (including phenoxy) is 1. The molecule has 29 heavy (non-hydrogen) atoms. The predicted molar refractivity (Wildman–Crippen MR) is 118 cm³/mol. The Balaban J connectivity index is 2.07. The quantitative estimate of drug-likeness (QED) is 0.444. The van der Waals surface area contributed by atoms with Gasteiger partial charge in [-0.2, -0.15) is 5.10 Å². The lowest BCUT2D eigenvalue weighted by Crippen LogP contribution is -2.29. The Bertz CT molecular complexity index is 1100. The highest BCUT2D eigenvalue weighted by Crippen LogP contribution is 2.23. The number of carbonyl (C=O) groups is 1. The van der Waals surface area contributed by atoms with Crippen LogP contribution < -0.4 is 5.56 Å². The van der Waals surface area contributed by atoms with E-state index in [0.717, 1.165) is 10.0 Å². The van der Waals surface area contributed by atoms with E-state index in [1.807, 2.05) is 24.3 Å². The SMILES string of the molecule is CCOC(=O)Cc1cc(-c2ccc(Br)cc2)nn(Cc2ccc(Cl)cc2Cl)c1=O. The van der Waals surface area contributed by atoms with Crippen LogP contribution in [0.5, 0.6) is 0 Å². The van der Waals surface area contributed by atoms with Gasteiger partial charge in [-0.15, -0.1) is 0 Å². The van der Waals surface area contributed by atoms with Gasteiger partial charge < -0.3 is 4.74 Å². The Morgan fingerprint density at radius 2 is 1.83 bits per heavy atom. The fourth-order valence-electron chi connectivity index (χ4n) is 2.77. The molecule has 3 aromatic rings. The first-order chi connectivity index (χ1) is 13.9. The van der Waals surface area contributed by atoms with Gasteiger partial charge in [-0.25, -0.2) is 4.68 Å². The van der Waals surface area contributed by atoms with Crippen LogP contribution in [0.2, 0.25) is 10.0 Å². The average Bonchev–Trinajstić information content (AvgIpc) is 2.67. The monoisotopic (exact) mass is 494 g/mol. The summed E-state index contributed by atoms with van der Waals surface area (Å²) in [7, 11) is 0. The van der Waals surface area contributed by atoms with Gasteiger partial charge in [0.05, 0.1) is 25.3 Å². The number of nitrogens with zero attached hydrogens (tertiary/aromatic N) is 2. The molecule has 0 saturated heterocycles. The lowest BCUT2D eigenvalue weighted by Gasteiger charge is -2.12. The van der Waals surface area contributed by atoms with Gasteiger partial charge in [-0.3, -0.25) is 9.59 Å². The second kappa shape index (κ2) is 9.57. The molecule has 0 unspecified atom stereocenters. The lowest BCUT2D eigenvalue weighted by molar-refractivity contribution is -0.142. The number of aromatic nitrogens is 2. The summed E-state index contributed by atoms with van der Waals surface area (Å²) >= 11 is 15.6. The fourth-order valence-corrected chi connectivity index (χ4v) is 3.50. The Morgan fingerprint density at radius 1 is 1.10 bits per heavy atom. The molecule has 1 heterocycles. The van der Waals surface area contributed by atoms with Crippen LogP contribution in [0.1, 0.15) is 18.1 Å². The molecule has 0 spiro atoms.